The summed E-state index contributed by atoms with van der Waals surface area (Å²) in [5, 5.41) is 8.20. The van der Waals surface area contributed by atoms with Crippen molar-refractivity contribution in [3.63, 3.8) is 0 Å². The van der Waals surface area contributed by atoms with E-state index in [0.717, 1.165) is 11.8 Å². The number of H-pyrrole nitrogens is 1. The second-order valence-electron chi connectivity index (χ2n) is 12.0. The number of aromatic nitrogens is 6. The topological polar surface area (TPSA) is 131 Å². The van der Waals surface area contributed by atoms with Gasteiger partial charge in [-0.2, -0.15) is 0 Å². The highest BCUT2D eigenvalue weighted by molar-refractivity contribution is 6.05. The van der Waals surface area contributed by atoms with Crippen LogP contribution in [0.15, 0.2) is 67.4 Å². The van der Waals surface area contributed by atoms with Gasteiger partial charge < -0.3 is 24.3 Å². The van der Waals surface area contributed by atoms with Crippen LogP contribution < -0.4 is 9.47 Å². The predicted molar refractivity (Wildman–Crippen MR) is 181 cm³/mol. The van der Waals surface area contributed by atoms with Crippen LogP contribution in [0.25, 0.3) is 33.2 Å². The number of nitrogens with one attached hydrogen (secondary N) is 1. The number of ether oxygens (including phenoxy) is 2. The Kier molecular flexibility index (Phi) is 9.07. The van der Waals surface area contributed by atoms with E-state index < -0.39 is 11.6 Å². The molecule has 1 N–H and O–H groups in total. The van der Waals surface area contributed by atoms with Gasteiger partial charge in [-0.1, -0.05) is 17.4 Å². The first-order valence-electron chi connectivity index (χ1n) is 16.2. The van der Waals surface area contributed by atoms with Crippen LogP contribution in [0.4, 0.5) is 8.78 Å². The first-order chi connectivity index (χ1) is 24.3. The molecule has 256 valence electrons. The lowest BCUT2D eigenvalue weighted by molar-refractivity contribution is -0.131. The molecule has 50 heavy (non-hydrogen) atoms. The van der Waals surface area contributed by atoms with E-state index in [9.17, 15) is 14.0 Å². The van der Waals surface area contributed by atoms with Gasteiger partial charge in [-0.25, -0.2) is 13.8 Å². The number of rotatable bonds is 9. The van der Waals surface area contributed by atoms with Gasteiger partial charge in [0.05, 0.1) is 38.7 Å². The number of hydrogen-bond donors (Lipinski definition) is 1. The average Bonchev–Trinajstić information content (AvgIpc) is 3.85. The van der Waals surface area contributed by atoms with E-state index in [-0.39, 0.29) is 42.5 Å². The zero-order valence-corrected chi connectivity index (χ0v) is 27.5. The van der Waals surface area contributed by atoms with Gasteiger partial charge in [0.25, 0.3) is 5.91 Å². The van der Waals surface area contributed by atoms with Gasteiger partial charge in [0.15, 0.2) is 5.82 Å². The summed E-state index contributed by atoms with van der Waals surface area (Å²) in [4.78, 5) is 42.0. The monoisotopic (exact) mass is 680 g/mol. The first kappa shape index (κ1) is 32.6. The molecular formula is C36H34F2N8O4. The van der Waals surface area contributed by atoms with Crippen molar-refractivity contribution in [3.05, 3.63) is 96.0 Å². The Labute approximate surface area is 286 Å². The van der Waals surface area contributed by atoms with Crippen LogP contribution in [0.2, 0.25) is 0 Å². The van der Waals surface area contributed by atoms with Crippen molar-refractivity contribution in [3.8, 4) is 22.6 Å². The summed E-state index contributed by atoms with van der Waals surface area (Å²) in [6.45, 7) is 1.78. The molecule has 0 unspecified atom stereocenters. The lowest BCUT2D eigenvalue weighted by atomic mass is 9.93. The fourth-order valence-corrected chi connectivity index (χ4v) is 6.52. The van der Waals surface area contributed by atoms with Crippen molar-refractivity contribution >= 4 is 33.9 Å². The molecule has 0 fully saturated rings. The maximum Gasteiger partial charge on any atom is 0.270 e. The fourth-order valence-electron chi connectivity index (χ4n) is 6.52. The molecule has 12 nitrogen and oxygen atoms in total. The molecule has 0 aliphatic carbocycles. The summed E-state index contributed by atoms with van der Waals surface area (Å²) in [5.74, 6) is -0.536. The van der Waals surface area contributed by atoms with E-state index in [4.69, 9.17) is 9.47 Å². The number of carbonyl (C=O) groups is 2. The zero-order valence-electron chi connectivity index (χ0n) is 27.5. The van der Waals surface area contributed by atoms with Crippen molar-refractivity contribution < 1.29 is 27.8 Å². The Morgan fingerprint density at radius 3 is 2.56 bits per heavy atom. The second-order valence-corrected chi connectivity index (χ2v) is 12.0. The van der Waals surface area contributed by atoms with Gasteiger partial charge in [-0.3, -0.25) is 19.3 Å². The molecule has 2 amide bonds. The number of methoxy groups -OCH3 is 2. The van der Waals surface area contributed by atoms with E-state index in [1.165, 1.54) is 13.2 Å². The Balaban J connectivity index is 1.21. The van der Waals surface area contributed by atoms with E-state index in [1.807, 2.05) is 12.2 Å². The van der Waals surface area contributed by atoms with E-state index in [2.05, 4.69) is 25.3 Å². The first-order valence-corrected chi connectivity index (χ1v) is 16.2. The van der Waals surface area contributed by atoms with E-state index >= 15 is 4.39 Å². The second kappa shape index (κ2) is 13.9. The Morgan fingerprint density at radius 2 is 1.80 bits per heavy atom. The number of carbonyl (C=O) groups excluding carboxylic acids is 2. The number of hydrogen-bond acceptors (Lipinski definition) is 8. The number of amides is 2. The molecule has 4 aromatic heterocycles. The predicted octanol–water partition coefficient (Wildman–Crippen LogP) is 5.15. The number of nitrogens with zero attached hydrogens (tertiary/aromatic N) is 7. The highest BCUT2D eigenvalue weighted by Crippen LogP contribution is 2.40. The molecule has 0 spiro atoms. The molecule has 0 bridgehead atoms. The average molecular weight is 681 g/mol. The van der Waals surface area contributed by atoms with Crippen LogP contribution in [0.5, 0.6) is 11.5 Å². The maximum atomic E-state index is 16.6. The van der Waals surface area contributed by atoms with Crippen LogP contribution in [-0.2, 0) is 11.3 Å². The quantitative estimate of drug-likeness (QED) is 0.226. The van der Waals surface area contributed by atoms with Gasteiger partial charge >= 0.3 is 0 Å². The molecule has 0 saturated heterocycles. The third-order valence-corrected chi connectivity index (χ3v) is 9.09. The lowest BCUT2D eigenvalue weighted by Gasteiger charge is -2.28. The minimum atomic E-state index is -0.524. The Bertz CT molecular complexity index is 2140. The van der Waals surface area contributed by atoms with Crippen LogP contribution in [0.1, 0.15) is 41.0 Å². The fraction of sp³-hybridized carbons (Fsp3) is 0.278. The third kappa shape index (κ3) is 6.31. The minimum Gasteiger partial charge on any atom is -0.496 e. The van der Waals surface area contributed by atoms with Crippen molar-refractivity contribution in [2.24, 2.45) is 0 Å². The van der Waals surface area contributed by atoms with E-state index in [0.29, 0.717) is 77.3 Å². The number of pyridine rings is 2. The van der Waals surface area contributed by atoms with Crippen LogP contribution >= 0.6 is 0 Å². The molecule has 6 heterocycles. The summed E-state index contributed by atoms with van der Waals surface area (Å²) in [6.07, 6.45) is 12.7. The number of aromatic amines is 1. The molecule has 5 aromatic rings. The van der Waals surface area contributed by atoms with Crippen LogP contribution in [-0.4, -0.2) is 92.0 Å². The van der Waals surface area contributed by atoms with Gasteiger partial charge in [0, 0.05) is 73.8 Å². The molecule has 0 radical (unpaired) electrons. The van der Waals surface area contributed by atoms with Crippen molar-refractivity contribution in [1.29, 1.82) is 0 Å². The van der Waals surface area contributed by atoms with Gasteiger partial charge in [0.1, 0.15) is 28.7 Å². The normalized spacial score (nSPS) is 14.8. The number of halogens is 2. The largest absolute Gasteiger partial charge is 0.496 e. The van der Waals surface area contributed by atoms with Gasteiger partial charge in [0.2, 0.25) is 5.91 Å². The SMILES string of the molecule is COc1ccncc1-c1cc(C2=CCCN(C(=O)CCn3ccnn3)C2)c(F)c2[nH]c(C(=O)N3CC=C(c4ncc(F)cc4OC)CC3)cc12. The Morgan fingerprint density at radius 1 is 0.940 bits per heavy atom. The summed E-state index contributed by atoms with van der Waals surface area (Å²) in [7, 11) is 3.01. The zero-order chi connectivity index (χ0) is 34.8. The molecule has 14 heteroatoms. The Hall–Kier alpha value is -5.92. The number of fused-ring (bicyclic) bond motifs is 1. The van der Waals surface area contributed by atoms with Crippen molar-refractivity contribution in [2.45, 2.75) is 25.8 Å². The molecule has 2 aliphatic heterocycles. The number of aryl methyl sites for hydroxylation is 1. The van der Waals surface area contributed by atoms with E-state index in [1.54, 1.807) is 64.6 Å². The highest BCUT2D eigenvalue weighted by Gasteiger charge is 2.28. The molecule has 0 atom stereocenters. The van der Waals surface area contributed by atoms with Crippen LogP contribution in [0.3, 0.4) is 0 Å². The summed E-state index contributed by atoms with van der Waals surface area (Å²) >= 11 is 0. The van der Waals surface area contributed by atoms with Gasteiger partial charge in [-0.05, 0) is 47.8 Å². The standard InChI is InChI=1S/C36H34F2N8O4/c1-49-30-5-9-39-20-28(30)26-17-25(23-4-3-11-45(21-23)32(47)8-14-46-15-10-41-43-46)33(38)35-27(26)18-29(42-35)36(48)44-12-6-22(7-13-44)34-31(50-2)16-24(37)19-40-34/h4-6,9-10,15-20,42H,3,7-8,11-14,21H2,1-2H3. The summed E-state index contributed by atoms with van der Waals surface area (Å²) in [6, 6.07) is 6.40. The molecule has 0 saturated carbocycles. The third-order valence-electron chi connectivity index (χ3n) is 9.09. The summed E-state index contributed by atoms with van der Waals surface area (Å²) in [5.41, 5.74) is 3.99. The molecule has 7 rings (SSSR count). The summed E-state index contributed by atoms with van der Waals surface area (Å²) < 4.78 is 42.9. The van der Waals surface area contributed by atoms with Gasteiger partial charge in [-0.15, -0.1) is 5.10 Å². The smallest absolute Gasteiger partial charge is 0.270 e. The molecule has 1 aromatic carbocycles. The lowest BCUT2D eigenvalue weighted by Crippen LogP contribution is -2.36. The molecular weight excluding hydrogens is 646 g/mol. The highest BCUT2D eigenvalue weighted by atomic mass is 19.1. The maximum absolute atomic E-state index is 16.6. The van der Waals surface area contributed by atoms with Crippen molar-refractivity contribution in [2.75, 3.05) is 40.4 Å². The van der Waals surface area contributed by atoms with Crippen molar-refractivity contribution in [1.82, 2.24) is 39.7 Å². The minimum absolute atomic E-state index is 0.0677. The number of benzene rings is 1. The van der Waals surface area contributed by atoms with Crippen LogP contribution in [0, 0.1) is 11.6 Å². The molecule has 2 aliphatic rings.